The van der Waals surface area contributed by atoms with Crippen LogP contribution in [0.1, 0.15) is 18.1 Å². The maximum atomic E-state index is 5.28. The molecule has 0 unspecified atom stereocenters. The molecule has 0 spiro atoms. The van der Waals surface area contributed by atoms with Gasteiger partial charge < -0.3 is 9.05 Å². The van der Waals surface area contributed by atoms with Crippen LogP contribution in [0.15, 0.2) is 18.2 Å². The predicted octanol–water partition coefficient (Wildman–Crippen LogP) is 2.79. The van der Waals surface area contributed by atoms with Crippen LogP contribution < -0.4 is 5.30 Å². The van der Waals surface area contributed by atoms with Gasteiger partial charge >= 0.3 is 0 Å². The van der Waals surface area contributed by atoms with Crippen LogP contribution in [0, 0.1) is 6.92 Å². The van der Waals surface area contributed by atoms with Crippen LogP contribution in [-0.2, 0) is 15.5 Å². The monoisotopic (exact) mass is 212 g/mol. The summed E-state index contributed by atoms with van der Waals surface area (Å²) in [4.78, 5) is 0. The fourth-order valence-corrected chi connectivity index (χ4v) is 2.59. The Balaban J connectivity index is 3.01. The molecule has 1 rings (SSSR count). The molecule has 0 amide bonds. The average Bonchev–Trinajstić information content (AvgIpc) is 2.19. The zero-order valence-electron chi connectivity index (χ0n) is 9.20. The molecule has 0 bridgehead atoms. The molecule has 0 aromatic heterocycles. The van der Waals surface area contributed by atoms with Crippen molar-refractivity contribution in [3.63, 3.8) is 0 Å². The molecule has 0 atom stereocenters. The second-order valence-electron chi connectivity index (χ2n) is 3.15. The summed E-state index contributed by atoms with van der Waals surface area (Å²) in [7, 11) is 2.48. The van der Waals surface area contributed by atoms with Crippen LogP contribution in [0.25, 0.3) is 0 Å². The van der Waals surface area contributed by atoms with Crippen LogP contribution in [0.3, 0.4) is 0 Å². The van der Waals surface area contributed by atoms with Gasteiger partial charge in [0.15, 0.2) is 0 Å². The summed E-state index contributed by atoms with van der Waals surface area (Å²) in [5.74, 6) is 0. The van der Waals surface area contributed by atoms with Gasteiger partial charge in [0.25, 0.3) is 0 Å². The molecular formula is C11H17O2P. The van der Waals surface area contributed by atoms with Crippen molar-refractivity contribution in [2.45, 2.75) is 20.3 Å². The second-order valence-corrected chi connectivity index (χ2v) is 4.91. The minimum absolute atomic E-state index is 0.889. The van der Waals surface area contributed by atoms with Crippen molar-refractivity contribution in [1.82, 2.24) is 0 Å². The number of aryl methyl sites for hydroxylation is 2. The lowest BCUT2D eigenvalue weighted by atomic mass is 10.1. The van der Waals surface area contributed by atoms with Crippen molar-refractivity contribution >= 4 is 13.7 Å². The molecular weight excluding hydrogens is 195 g/mol. The van der Waals surface area contributed by atoms with E-state index >= 15 is 0 Å². The van der Waals surface area contributed by atoms with E-state index in [0.717, 1.165) is 11.7 Å². The topological polar surface area (TPSA) is 18.5 Å². The Hall–Kier alpha value is -0.430. The summed E-state index contributed by atoms with van der Waals surface area (Å²) in [5.41, 5.74) is 2.60. The third-order valence-electron chi connectivity index (χ3n) is 2.07. The number of benzene rings is 1. The second kappa shape index (κ2) is 5.45. The molecule has 0 aliphatic heterocycles. The van der Waals surface area contributed by atoms with Crippen molar-refractivity contribution in [2.24, 2.45) is 0 Å². The number of hydrogen-bond acceptors (Lipinski definition) is 2. The highest BCUT2D eigenvalue weighted by molar-refractivity contribution is 7.55. The Morgan fingerprint density at radius 1 is 1.14 bits per heavy atom. The highest BCUT2D eigenvalue weighted by Gasteiger charge is 2.10. The summed E-state index contributed by atoms with van der Waals surface area (Å²) in [6, 6.07) is 6.48. The van der Waals surface area contributed by atoms with Crippen molar-refractivity contribution in [3.8, 4) is 0 Å². The van der Waals surface area contributed by atoms with E-state index in [4.69, 9.17) is 9.05 Å². The van der Waals surface area contributed by atoms with Gasteiger partial charge in [-0.1, -0.05) is 18.6 Å². The minimum Gasteiger partial charge on any atom is -0.334 e. The first-order chi connectivity index (χ1) is 6.71. The van der Waals surface area contributed by atoms with Crippen LogP contribution in [-0.4, -0.2) is 14.2 Å². The molecule has 3 heteroatoms. The highest BCUT2D eigenvalue weighted by atomic mass is 31.2. The van der Waals surface area contributed by atoms with Gasteiger partial charge in [0.1, 0.15) is 0 Å². The van der Waals surface area contributed by atoms with E-state index in [9.17, 15) is 0 Å². The maximum Gasteiger partial charge on any atom is 0.204 e. The molecule has 0 radical (unpaired) electrons. The van der Waals surface area contributed by atoms with E-state index in [2.05, 4.69) is 32.0 Å². The third kappa shape index (κ3) is 2.78. The SMILES string of the molecule is CCc1cc(C)cc(P(OC)OC)c1. The van der Waals surface area contributed by atoms with E-state index in [1.165, 1.54) is 11.1 Å². The van der Waals surface area contributed by atoms with Gasteiger partial charge in [0, 0.05) is 19.5 Å². The molecule has 0 fully saturated rings. The van der Waals surface area contributed by atoms with E-state index in [1.807, 2.05) is 0 Å². The van der Waals surface area contributed by atoms with Gasteiger partial charge in [-0.05, 0) is 31.0 Å². The highest BCUT2D eigenvalue weighted by Crippen LogP contribution is 2.35. The largest absolute Gasteiger partial charge is 0.334 e. The summed E-state index contributed by atoms with van der Waals surface area (Å²) in [6.07, 6.45) is 1.05. The van der Waals surface area contributed by atoms with Gasteiger partial charge in [0.05, 0.1) is 0 Å². The van der Waals surface area contributed by atoms with E-state index in [-0.39, 0.29) is 0 Å². The van der Waals surface area contributed by atoms with Gasteiger partial charge in [-0.3, -0.25) is 0 Å². The van der Waals surface area contributed by atoms with Crippen LogP contribution >= 0.6 is 8.38 Å². The normalized spacial score (nSPS) is 10.9. The van der Waals surface area contributed by atoms with E-state index in [0.29, 0.717) is 0 Å². The standard InChI is InChI=1S/C11H17O2P/c1-5-10-6-9(2)7-11(8-10)14(12-3)13-4/h6-8H,5H2,1-4H3. The van der Waals surface area contributed by atoms with Crippen LogP contribution in [0.5, 0.6) is 0 Å². The molecule has 1 aromatic carbocycles. The smallest absolute Gasteiger partial charge is 0.204 e. The first kappa shape index (κ1) is 11.6. The third-order valence-corrected chi connectivity index (χ3v) is 3.42. The molecule has 1 aromatic rings. The summed E-state index contributed by atoms with van der Waals surface area (Å²) >= 11 is 0. The maximum absolute atomic E-state index is 5.28. The van der Waals surface area contributed by atoms with Crippen LogP contribution in [0.4, 0.5) is 0 Å². The molecule has 0 aliphatic carbocycles. The zero-order valence-corrected chi connectivity index (χ0v) is 10.1. The van der Waals surface area contributed by atoms with Crippen molar-refractivity contribution in [3.05, 3.63) is 29.3 Å². The Morgan fingerprint density at radius 3 is 2.29 bits per heavy atom. The molecule has 2 nitrogen and oxygen atoms in total. The first-order valence-corrected chi connectivity index (χ1v) is 5.88. The molecule has 0 heterocycles. The average molecular weight is 212 g/mol. The van der Waals surface area contributed by atoms with Gasteiger partial charge in [-0.2, -0.15) is 0 Å². The quantitative estimate of drug-likeness (QED) is 0.714. The van der Waals surface area contributed by atoms with Gasteiger partial charge in [-0.25, -0.2) is 0 Å². The van der Waals surface area contributed by atoms with Crippen molar-refractivity contribution < 1.29 is 9.05 Å². The summed E-state index contributed by atoms with van der Waals surface area (Å²) in [6.45, 7) is 4.25. The lowest BCUT2D eigenvalue weighted by molar-refractivity contribution is 0.350. The zero-order chi connectivity index (χ0) is 10.6. The van der Waals surface area contributed by atoms with Crippen molar-refractivity contribution in [1.29, 1.82) is 0 Å². The number of rotatable bonds is 4. The molecule has 0 saturated carbocycles. The van der Waals surface area contributed by atoms with Gasteiger partial charge in [-0.15, -0.1) is 0 Å². The van der Waals surface area contributed by atoms with Gasteiger partial charge in [0.2, 0.25) is 8.38 Å². The molecule has 0 saturated heterocycles. The fraction of sp³-hybridized carbons (Fsp3) is 0.455. The predicted molar refractivity (Wildman–Crippen MR) is 61.1 cm³/mol. The first-order valence-electron chi connectivity index (χ1n) is 4.70. The molecule has 0 aliphatic rings. The number of hydrogen-bond donors (Lipinski definition) is 0. The summed E-state index contributed by atoms with van der Waals surface area (Å²) in [5, 5.41) is 1.15. The van der Waals surface area contributed by atoms with Crippen molar-refractivity contribution in [2.75, 3.05) is 14.2 Å². The Kier molecular flexibility index (Phi) is 4.53. The Morgan fingerprint density at radius 2 is 1.79 bits per heavy atom. The van der Waals surface area contributed by atoms with Crippen LogP contribution in [0.2, 0.25) is 0 Å². The molecule has 78 valence electrons. The lowest BCUT2D eigenvalue weighted by Crippen LogP contribution is -2.05. The Labute approximate surface area is 87.2 Å². The van der Waals surface area contributed by atoms with E-state index < -0.39 is 8.38 Å². The summed E-state index contributed by atoms with van der Waals surface area (Å²) < 4.78 is 10.6. The Bertz CT molecular complexity index is 295. The molecule has 14 heavy (non-hydrogen) atoms. The lowest BCUT2D eigenvalue weighted by Gasteiger charge is -2.13. The molecule has 0 N–H and O–H groups in total. The van der Waals surface area contributed by atoms with E-state index in [1.54, 1.807) is 14.2 Å². The fourth-order valence-electron chi connectivity index (χ4n) is 1.44. The minimum atomic E-state index is -0.889.